The minimum atomic E-state index is 0.818. The quantitative estimate of drug-likeness (QED) is 0.738. The molecule has 0 radical (unpaired) electrons. The summed E-state index contributed by atoms with van der Waals surface area (Å²) >= 11 is 1.65. The molecular weight excluding hydrogens is 268 g/mol. The first kappa shape index (κ1) is 13.1. The van der Waals surface area contributed by atoms with Crippen LogP contribution in [0.15, 0.2) is 36.5 Å². The summed E-state index contributed by atoms with van der Waals surface area (Å²) in [6.45, 7) is 3.66. The lowest BCUT2D eigenvalue weighted by Crippen LogP contribution is -2.17. The van der Waals surface area contributed by atoms with Gasteiger partial charge < -0.3 is 0 Å². The van der Waals surface area contributed by atoms with Gasteiger partial charge in [0.25, 0.3) is 0 Å². The highest BCUT2D eigenvalue weighted by atomic mass is 32.1. The third-order valence-electron chi connectivity index (χ3n) is 3.07. The second-order valence-electron chi connectivity index (χ2n) is 4.92. The van der Waals surface area contributed by atoms with Gasteiger partial charge in [-0.05, 0) is 31.7 Å². The molecule has 3 rings (SSSR count). The number of hydrogen-bond acceptors (Lipinski definition) is 5. The fraction of sp³-hybridized carbons (Fsp3) is 0.267. The molecule has 20 heavy (non-hydrogen) atoms. The Kier molecular flexibility index (Phi) is 3.71. The van der Waals surface area contributed by atoms with Gasteiger partial charge in [0.05, 0.1) is 12.1 Å². The van der Waals surface area contributed by atoms with E-state index in [1.807, 2.05) is 31.3 Å². The molecule has 0 aliphatic rings. The van der Waals surface area contributed by atoms with Crippen LogP contribution in [0.1, 0.15) is 15.6 Å². The second kappa shape index (κ2) is 5.64. The summed E-state index contributed by atoms with van der Waals surface area (Å²) < 4.78 is 0. The Morgan fingerprint density at radius 1 is 1.15 bits per heavy atom. The molecule has 0 aliphatic carbocycles. The van der Waals surface area contributed by atoms with Gasteiger partial charge in [-0.2, -0.15) is 0 Å². The molecule has 0 saturated carbocycles. The predicted octanol–water partition coefficient (Wildman–Crippen LogP) is 3.03. The third kappa shape index (κ3) is 3.00. The lowest BCUT2D eigenvalue weighted by molar-refractivity contribution is 0.317. The molecular formula is C15H16N4S. The van der Waals surface area contributed by atoms with Crippen molar-refractivity contribution in [3.8, 4) is 0 Å². The summed E-state index contributed by atoms with van der Waals surface area (Å²) in [5.74, 6) is 0. The molecule has 3 aromatic rings. The molecule has 1 aromatic carbocycles. The molecule has 0 amide bonds. The molecule has 0 saturated heterocycles. The Morgan fingerprint density at radius 3 is 2.80 bits per heavy atom. The van der Waals surface area contributed by atoms with Gasteiger partial charge in [-0.25, -0.2) is 0 Å². The number of benzene rings is 1. The van der Waals surface area contributed by atoms with Gasteiger partial charge in [0.15, 0.2) is 0 Å². The van der Waals surface area contributed by atoms with E-state index in [9.17, 15) is 0 Å². The highest BCUT2D eigenvalue weighted by molar-refractivity contribution is 7.11. The molecule has 0 atom stereocenters. The summed E-state index contributed by atoms with van der Waals surface area (Å²) in [5, 5.41) is 11.5. The zero-order valence-corrected chi connectivity index (χ0v) is 12.4. The van der Waals surface area contributed by atoms with Gasteiger partial charge >= 0.3 is 0 Å². The van der Waals surface area contributed by atoms with Crippen LogP contribution in [0.3, 0.4) is 0 Å². The van der Waals surface area contributed by atoms with E-state index >= 15 is 0 Å². The van der Waals surface area contributed by atoms with Gasteiger partial charge in [0.2, 0.25) is 0 Å². The second-order valence-corrected chi connectivity index (χ2v) is 6.19. The average Bonchev–Trinajstić information content (AvgIpc) is 2.83. The van der Waals surface area contributed by atoms with Crippen LogP contribution in [0.25, 0.3) is 10.9 Å². The molecule has 5 heteroatoms. The van der Waals surface area contributed by atoms with E-state index in [1.165, 1.54) is 10.9 Å². The van der Waals surface area contributed by atoms with Gasteiger partial charge in [0.1, 0.15) is 10.0 Å². The average molecular weight is 284 g/mol. The Balaban J connectivity index is 1.72. The number of aryl methyl sites for hydroxylation is 1. The largest absolute Gasteiger partial charge is 0.295 e. The molecule has 0 unspecified atom stereocenters. The smallest absolute Gasteiger partial charge is 0.131 e. The van der Waals surface area contributed by atoms with Gasteiger partial charge in [-0.1, -0.05) is 18.2 Å². The van der Waals surface area contributed by atoms with E-state index in [2.05, 4.69) is 39.3 Å². The van der Waals surface area contributed by atoms with Gasteiger partial charge in [-0.15, -0.1) is 21.5 Å². The molecule has 0 bridgehead atoms. The van der Waals surface area contributed by atoms with Crippen molar-refractivity contribution in [3.05, 3.63) is 52.1 Å². The maximum Gasteiger partial charge on any atom is 0.131 e. The molecule has 0 N–H and O–H groups in total. The predicted molar refractivity (Wildman–Crippen MR) is 81.6 cm³/mol. The van der Waals surface area contributed by atoms with Crippen LogP contribution in [-0.4, -0.2) is 27.1 Å². The van der Waals surface area contributed by atoms with Crippen LogP contribution in [0, 0.1) is 6.92 Å². The minimum Gasteiger partial charge on any atom is -0.295 e. The van der Waals surface area contributed by atoms with Crippen LogP contribution < -0.4 is 0 Å². The maximum absolute atomic E-state index is 4.49. The van der Waals surface area contributed by atoms with Crippen LogP contribution in [0.5, 0.6) is 0 Å². The fourth-order valence-electron chi connectivity index (χ4n) is 2.20. The highest BCUT2D eigenvalue weighted by Gasteiger charge is 2.06. The summed E-state index contributed by atoms with van der Waals surface area (Å²) in [7, 11) is 2.09. The zero-order valence-electron chi connectivity index (χ0n) is 11.6. The van der Waals surface area contributed by atoms with Crippen molar-refractivity contribution in [2.24, 2.45) is 0 Å². The first-order chi connectivity index (χ1) is 9.70. The molecule has 102 valence electrons. The molecule has 0 spiro atoms. The van der Waals surface area contributed by atoms with Crippen LogP contribution in [0.2, 0.25) is 0 Å². The molecule has 0 fully saturated rings. The molecule has 2 aromatic heterocycles. The van der Waals surface area contributed by atoms with Crippen molar-refractivity contribution >= 4 is 22.2 Å². The van der Waals surface area contributed by atoms with Gasteiger partial charge in [-0.3, -0.25) is 9.88 Å². The van der Waals surface area contributed by atoms with E-state index in [0.29, 0.717) is 0 Å². The monoisotopic (exact) mass is 284 g/mol. The Morgan fingerprint density at radius 2 is 2.00 bits per heavy atom. The number of rotatable bonds is 4. The topological polar surface area (TPSA) is 41.9 Å². The lowest BCUT2D eigenvalue weighted by atomic mass is 10.1. The third-order valence-corrected chi connectivity index (χ3v) is 3.90. The number of fused-ring (bicyclic) bond motifs is 1. The minimum absolute atomic E-state index is 0.818. The Hall–Kier alpha value is -1.85. The fourth-order valence-corrected chi connectivity index (χ4v) is 2.99. The van der Waals surface area contributed by atoms with Crippen molar-refractivity contribution < 1.29 is 0 Å². The first-order valence-corrected chi connectivity index (χ1v) is 7.33. The number of nitrogens with zero attached hydrogens (tertiary/aromatic N) is 4. The van der Waals surface area contributed by atoms with Crippen molar-refractivity contribution in [3.63, 3.8) is 0 Å². The van der Waals surface area contributed by atoms with Crippen molar-refractivity contribution in [2.45, 2.75) is 20.0 Å². The summed E-state index contributed by atoms with van der Waals surface area (Å²) in [6.07, 6.45) is 1.95. The normalized spacial score (nSPS) is 11.3. The SMILES string of the molecule is Cc1nnc(CN(C)Cc2cnc3ccccc3c2)s1. The molecule has 2 heterocycles. The van der Waals surface area contributed by atoms with Crippen LogP contribution in [-0.2, 0) is 13.1 Å². The summed E-state index contributed by atoms with van der Waals surface area (Å²) in [5.41, 5.74) is 2.26. The zero-order chi connectivity index (χ0) is 13.9. The lowest BCUT2D eigenvalue weighted by Gasteiger charge is -2.14. The van der Waals surface area contributed by atoms with Crippen LogP contribution >= 0.6 is 11.3 Å². The number of pyridine rings is 1. The summed E-state index contributed by atoms with van der Waals surface area (Å²) in [4.78, 5) is 6.72. The Labute approximate surface area is 122 Å². The highest BCUT2D eigenvalue weighted by Crippen LogP contribution is 2.15. The molecule has 0 aliphatic heterocycles. The number of para-hydroxylation sites is 1. The standard InChI is InChI=1S/C15H16N4S/c1-11-17-18-15(20-11)10-19(2)9-12-7-13-5-3-4-6-14(13)16-8-12/h3-8H,9-10H2,1-2H3. The van der Waals surface area contributed by atoms with Gasteiger partial charge in [0, 0.05) is 18.1 Å². The van der Waals surface area contributed by atoms with E-state index in [-0.39, 0.29) is 0 Å². The van der Waals surface area contributed by atoms with E-state index in [4.69, 9.17) is 0 Å². The number of aromatic nitrogens is 3. The van der Waals surface area contributed by atoms with E-state index in [0.717, 1.165) is 28.6 Å². The maximum atomic E-state index is 4.49. The first-order valence-electron chi connectivity index (χ1n) is 6.52. The Bertz CT molecular complexity index is 722. The summed E-state index contributed by atoms with van der Waals surface area (Å²) in [6, 6.07) is 10.4. The molecule has 4 nitrogen and oxygen atoms in total. The van der Waals surface area contributed by atoms with E-state index in [1.54, 1.807) is 11.3 Å². The van der Waals surface area contributed by atoms with Crippen molar-refractivity contribution in [2.75, 3.05) is 7.05 Å². The van der Waals surface area contributed by atoms with Crippen molar-refractivity contribution in [1.29, 1.82) is 0 Å². The van der Waals surface area contributed by atoms with E-state index < -0.39 is 0 Å². The number of hydrogen-bond donors (Lipinski definition) is 0. The van der Waals surface area contributed by atoms with Crippen LogP contribution in [0.4, 0.5) is 0 Å². The van der Waals surface area contributed by atoms with Crippen molar-refractivity contribution in [1.82, 2.24) is 20.1 Å².